The second-order valence-electron chi connectivity index (χ2n) is 11.1. The average Bonchev–Trinajstić information content (AvgIpc) is 2.99. The van der Waals surface area contributed by atoms with Gasteiger partial charge in [-0.1, -0.05) is 81.8 Å². The second-order valence-corrected chi connectivity index (χ2v) is 11.5. The second kappa shape index (κ2) is 24.5. The van der Waals surface area contributed by atoms with Crippen LogP contribution in [0.25, 0.3) is 10.8 Å². The smallest absolute Gasteiger partial charge is 0.302 e. The van der Waals surface area contributed by atoms with Gasteiger partial charge in [0.15, 0.2) is 0 Å². The van der Waals surface area contributed by atoms with Crippen molar-refractivity contribution in [1.29, 1.82) is 0 Å². The van der Waals surface area contributed by atoms with Gasteiger partial charge in [-0.25, -0.2) is 4.39 Å². The third-order valence-electron chi connectivity index (χ3n) is 6.61. The molecule has 0 amide bonds. The summed E-state index contributed by atoms with van der Waals surface area (Å²) in [7, 11) is 0. The van der Waals surface area contributed by atoms with E-state index in [4.69, 9.17) is 16.3 Å². The molecule has 2 unspecified atom stereocenters. The van der Waals surface area contributed by atoms with Crippen molar-refractivity contribution in [3.63, 3.8) is 0 Å². The van der Waals surface area contributed by atoms with Crippen LogP contribution < -0.4 is 0 Å². The van der Waals surface area contributed by atoms with Crippen molar-refractivity contribution in [3.8, 4) is 0 Å². The third kappa shape index (κ3) is 19.4. The van der Waals surface area contributed by atoms with E-state index < -0.39 is 6.17 Å². The molecule has 1 saturated heterocycles. The SMILES string of the molecule is CC.CC(=O)OCC(C)CCCN1CCCC(F)C1.CC(C)=O.CCc1cccc(C)c1Cl.Cc1cc2ccccc2cn1. The van der Waals surface area contributed by atoms with Crippen molar-refractivity contribution in [2.24, 2.45) is 5.92 Å². The predicted molar refractivity (Wildman–Crippen MR) is 185 cm³/mol. The van der Waals surface area contributed by atoms with Crippen LogP contribution >= 0.6 is 11.6 Å². The maximum Gasteiger partial charge on any atom is 0.302 e. The van der Waals surface area contributed by atoms with E-state index in [-0.39, 0.29) is 11.8 Å². The van der Waals surface area contributed by atoms with E-state index in [1.807, 2.05) is 58.2 Å². The van der Waals surface area contributed by atoms with Crippen molar-refractivity contribution in [1.82, 2.24) is 9.88 Å². The lowest BCUT2D eigenvalue weighted by atomic mass is 10.1. The van der Waals surface area contributed by atoms with Gasteiger partial charge in [0.05, 0.1) is 6.61 Å². The molecule has 5 nitrogen and oxygen atoms in total. The molecule has 1 aliphatic heterocycles. The summed E-state index contributed by atoms with van der Waals surface area (Å²) in [6, 6.07) is 16.5. The first-order valence-electron chi connectivity index (χ1n) is 15.9. The van der Waals surface area contributed by atoms with Crippen molar-refractivity contribution in [2.75, 3.05) is 26.2 Å². The van der Waals surface area contributed by atoms with Gasteiger partial charge in [-0.3, -0.25) is 9.78 Å². The monoisotopic (exact) mass is 630 g/mol. The van der Waals surface area contributed by atoms with Crippen LogP contribution in [0.15, 0.2) is 54.7 Å². The standard InChI is InChI=1S/C13H24FNO2.C10H9N.C9H11Cl.C3H6O.C2H6/c1-11(10-17-12(2)16)5-3-7-15-8-4-6-13(14)9-15;1-8-6-9-4-2-3-5-10(9)7-11-8;1-3-8-6-4-5-7(2)9(8)10;1-3(2)4;1-2/h11,13H,3-10H2,1-2H3;2-7H,1H3;4-6H,3H2,1-2H3;1-2H3;1-2H3. The molecule has 0 saturated carbocycles. The van der Waals surface area contributed by atoms with Crippen LogP contribution in [0.1, 0.15) is 91.0 Å². The van der Waals surface area contributed by atoms with Gasteiger partial charge >= 0.3 is 5.97 Å². The third-order valence-corrected chi connectivity index (χ3v) is 7.15. The summed E-state index contributed by atoms with van der Waals surface area (Å²) < 4.78 is 18.1. The quantitative estimate of drug-likeness (QED) is 0.243. The molecule has 1 aliphatic rings. The van der Waals surface area contributed by atoms with Crippen LogP contribution in [0, 0.1) is 19.8 Å². The number of ketones is 1. The number of halogens is 2. The number of rotatable bonds is 7. The Morgan fingerprint density at radius 2 is 1.70 bits per heavy atom. The van der Waals surface area contributed by atoms with Crippen LogP contribution in [0.5, 0.6) is 0 Å². The fourth-order valence-electron chi connectivity index (χ4n) is 4.38. The zero-order valence-electron chi connectivity index (χ0n) is 28.6. The molecule has 2 heterocycles. The fraction of sp³-hybridized carbons (Fsp3) is 0.541. The Hall–Kier alpha value is -2.83. The number of Topliss-reactive ketones (excluding diaryl/α,β-unsaturated/α-hetero) is 1. The number of carbonyl (C=O) groups is 2. The number of carbonyl (C=O) groups excluding carboxylic acids is 2. The number of fused-ring (bicyclic) bond motifs is 1. The fourth-order valence-corrected chi connectivity index (χ4v) is 4.64. The van der Waals surface area contributed by atoms with Gasteiger partial charge in [-0.05, 0) is 101 Å². The number of alkyl halides is 1. The number of aryl methyl sites for hydroxylation is 3. The minimum atomic E-state index is -0.637. The number of piperidine rings is 1. The van der Waals surface area contributed by atoms with Gasteiger partial charge in [-0.15, -0.1) is 0 Å². The highest BCUT2D eigenvalue weighted by Crippen LogP contribution is 2.20. The molecule has 2 aromatic carbocycles. The maximum absolute atomic E-state index is 13.1. The number of benzene rings is 2. The molecule has 1 aromatic heterocycles. The Balaban J connectivity index is 0.000000596. The van der Waals surface area contributed by atoms with E-state index in [9.17, 15) is 14.0 Å². The van der Waals surface area contributed by atoms with Crippen molar-refractivity contribution in [3.05, 3.63) is 76.6 Å². The molecule has 0 bridgehead atoms. The van der Waals surface area contributed by atoms with E-state index in [2.05, 4.69) is 48.0 Å². The number of likely N-dealkylation sites (tertiary alicyclic amines) is 1. The Kier molecular flexibility index (Phi) is 22.9. The van der Waals surface area contributed by atoms with Crippen LogP contribution in [0.3, 0.4) is 0 Å². The molecule has 4 rings (SSSR count). The highest BCUT2D eigenvalue weighted by Gasteiger charge is 2.18. The zero-order valence-corrected chi connectivity index (χ0v) is 29.3. The molecule has 44 heavy (non-hydrogen) atoms. The van der Waals surface area contributed by atoms with E-state index in [0.29, 0.717) is 19.1 Å². The number of hydrogen-bond acceptors (Lipinski definition) is 5. The number of pyridine rings is 1. The summed E-state index contributed by atoms with van der Waals surface area (Å²) in [5.41, 5.74) is 3.48. The average molecular weight is 631 g/mol. The van der Waals surface area contributed by atoms with Crippen molar-refractivity contribution >= 4 is 34.1 Å². The lowest BCUT2D eigenvalue weighted by Gasteiger charge is -2.29. The summed E-state index contributed by atoms with van der Waals surface area (Å²) >= 11 is 5.99. The van der Waals surface area contributed by atoms with Crippen molar-refractivity contribution < 1.29 is 18.7 Å². The topological polar surface area (TPSA) is 59.5 Å². The molecular formula is C37H56ClFN2O3. The number of ether oxygens (including phenoxy) is 1. The van der Waals surface area contributed by atoms with Crippen LogP contribution in [0.2, 0.25) is 5.02 Å². The molecular weight excluding hydrogens is 575 g/mol. The van der Waals surface area contributed by atoms with E-state index in [0.717, 1.165) is 55.9 Å². The van der Waals surface area contributed by atoms with Gasteiger partial charge in [0.2, 0.25) is 0 Å². The minimum absolute atomic E-state index is 0.167. The number of nitrogens with zero attached hydrogens (tertiary/aromatic N) is 2. The van der Waals surface area contributed by atoms with Gasteiger partial charge in [0.1, 0.15) is 12.0 Å². The van der Waals surface area contributed by atoms with Crippen molar-refractivity contribution in [2.45, 2.75) is 101 Å². The Morgan fingerprint density at radius 1 is 1.07 bits per heavy atom. The normalized spacial score (nSPS) is 14.6. The molecule has 3 aromatic rings. The molecule has 0 aliphatic carbocycles. The Morgan fingerprint density at radius 3 is 2.27 bits per heavy atom. The van der Waals surface area contributed by atoms with Crippen LogP contribution in [-0.4, -0.2) is 54.0 Å². The molecule has 7 heteroatoms. The summed E-state index contributed by atoms with van der Waals surface area (Å²) in [6.45, 7) is 19.8. The van der Waals surface area contributed by atoms with Crippen LogP contribution in [-0.2, 0) is 20.7 Å². The van der Waals surface area contributed by atoms with Gasteiger partial charge < -0.3 is 14.4 Å². The minimum Gasteiger partial charge on any atom is -0.466 e. The van der Waals surface area contributed by atoms with Gasteiger partial charge in [-0.2, -0.15) is 0 Å². The van der Waals surface area contributed by atoms with E-state index in [1.165, 1.54) is 42.7 Å². The molecule has 2 atom stereocenters. The lowest BCUT2D eigenvalue weighted by molar-refractivity contribution is -0.142. The first-order valence-corrected chi connectivity index (χ1v) is 16.3. The largest absolute Gasteiger partial charge is 0.466 e. The molecule has 1 fully saturated rings. The summed E-state index contributed by atoms with van der Waals surface area (Å²) in [5.74, 6) is 0.345. The molecule has 0 radical (unpaired) electrons. The summed E-state index contributed by atoms with van der Waals surface area (Å²) in [4.78, 5) is 26.5. The molecule has 0 N–H and O–H groups in total. The van der Waals surface area contributed by atoms with Crippen LogP contribution in [0.4, 0.5) is 4.39 Å². The predicted octanol–water partition coefficient (Wildman–Crippen LogP) is 9.78. The highest BCUT2D eigenvalue weighted by molar-refractivity contribution is 6.32. The molecule has 246 valence electrons. The number of esters is 1. The maximum atomic E-state index is 13.1. The van der Waals surface area contributed by atoms with Gasteiger partial charge in [0.25, 0.3) is 0 Å². The Labute approximate surface area is 271 Å². The number of aromatic nitrogens is 1. The van der Waals surface area contributed by atoms with E-state index in [1.54, 1.807) is 0 Å². The summed E-state index contributed by atoms with van der Waals surface area (Å²) in [5, 5.41) is 3.39. The van der Waals surface area contributed by atoms with Gasteiger partial charge in [0, 0.05) is 35.8 Å². The Bertz CT molecular complexity index is 1220. The number of hydrogen-bond donors (Lipinski definition) is 0. The highest BCUT2D eigenvalue weighted by atomic mass is 35.5. The molecule has 0 spiro atoms. The zero-order chi connectivity index (χ0) is 33.5. The first-order chi connectivity index (χ1) is 20.9. The van der Waals surface area contributed by atoms with E-state index >= 15 is 0 Å². The summed E-state index contributed by atoms with van der Waals surface area (Å²) in [6.07, 6.45) is 6.06. The lowest BCUT2D eigenvalue weighted by Crippen LogP contribution is -2.37. The first kappa shape index (κ1) is 41.2.